The van der Waals surface area contributed by atoms with E-state index < -0.39 is 12.8 Å². The minimum absolute atomic E-state index is 0.0583. The first-order valence-corrected chi connectivity index (χ1v) is 7.93. The molecule has 2 N–H and O–H groups in total. The number of anilines is 1. The molecule has 0 radical (unpaired) electrons. The second kappa shape index (κ2) is 6.89. The maximum atomic E-state index is 12.2. The molecule has 0 unspecified atom stereocenters. The van der Waals surface area contributed by atoms with Gasteiger partial charge in [-0.25, -0.2) is 4.39 Å². The highest BCUT2D eigenvalue weighted by molar-refractivity contribution is 7.22. The molecule has 0 spiro atoms. The van der Waals surface area contributed by atoms with Gasteiger partial charge in [-0.1, -0.05) is 0 Å². The second-order valence-corrected chi connectivity index (χ2v) is 6.07. The topological polar surface area (TPSA) is 67.3 Å². The molecule has 1 atom stereocenters. The Morgan fingerprint density at radius 3 is 2.83 bits per heavy atom. The number of hydrogen-bond donors (Lipinski definition) is 2. The Hall–Kier alpha value is -2.25. The maximum Gasteiger partial charge on any atom is 0.148 e. The Labute approximate surface area is 136 Å². The number of benzene rings is 1. The van der Waals surface area contributed by atoms with Gasteiger partial charge in [-0.05, 0) is 41.8 Å². The highest BCUT2D eigenvalue weighted by atomic mass is 32.1. The van der Waals surface area contributed by atoms with E-state index in [0.717, 1.165) is 26.5 Å². The standard InChI is InChI=1S/C16H16FN3O2S/c1-18-16-5-4-13(19-20-16)15-6-10-2-3-12(7-14(10)23-15)22-9-11(21)8-17/h2-7,11,21H,8-9H2,1H3,(H,18,20)/t11-/m0/s1. The summed E-state index contributed by atoms with van der Waals surface area (Å²) in [6, 6.07) is 11.5. The van der Waals surface area contributed by atoms with Crippen molar-refractivity contribution >= 4 is 27.2 Å². The summed E-state index contributed by atoms with van der Waals surface area (Å²) in [6.45, 7) is -0.871. The number of aliphatic hydroxyl groups is 1. The van der Waals surface area contributed by atoms with Crippen LogP contribution in [0.4, 0.5) is 10.2 Å². The van der Waals surface area contributed by atoms with Gasteiger partial charge in [-0.15, -0.1) is 21.5 Å². The number of nitrogens with one attached hydrogen (secondary N) is 1. The largest absolute Gasteiger partial charge is 0.491 e. The molecule has 3 aromatic rings. The van der Waals surface area contributed by atoms with Crippen molar-refractivity contribution in [2.75, 3.05) is 25.6 Å². The Bertz CT molecular complexity index is 792. The van der Waals surface area contributed by atoms with Crippen molar-refractivity contribution in [3.8, 4) is 16.3 Å². The van der Waals surface area contributed by atoms with Crippen LogP contribution in [0.25, 0.3) is 20.7 Å². The monoisotopic (exact) mass is 333 g/mol. The molecule has 0 fully saturated rings. The van der Waals surface area contributed by atoms with Gasteiger partial charge >= 0.3 is 0 Å². The smallest absolute Gasteiger partial charge is 0.148 e. The summed E-state index contributed by atoms with van der Waals surface area (Å²) in [4.78, 5) is 1.01. The number of rotatable bonds is 6. The van der Waals surface area contributed by atoms with E-state index in [1.807, 2.05) is 30.3 Å². The predicted molar refractivity (Wildman–Crippen MR) is 89.9 cm³/mol. The molecule has 0 bridgehead atoms. The van der Waals surface area contributed by atoms with Gasteiger partial charge in [0.05, 0.1) is 4.88 Å². The van der Waals surface area contributed by atoms with Crippen molar-refractivity contribution in [1.82, 2.24) is 10.2 Å². The summed E-state index contributed by atoms with van der Waals surface area (Å²) in [5, 5.41) is 21.5. The molecule has 3 rings (SSSR count). The van der Waals surface area contributed by atoms with E-state index in [4.69, 9.17) is 4.74 Å². The van der Waals surface area contributed by atoms with Crippen LogP contribution in [0, 0.1) is 0 Å². The van der Waals surface area contributed by atoms with Gasteiger partial charge in [0, 0.05) is 11.7 Å². The molecular weight excluding hydrogens is 317 g/mol. The first-order chi connectivity index (χ1) is 11.2. The molecule has 7 heteroatoms. The molecule has 0 aliphatic carbocycles. The van der Waals surface area contributed by atoms with Gasteiger partial charge in [0.25, 0.3) is 0 Å². The van der Waals surface area contributed by atoms with Crippen LogP contribution in [0.5, 0.6) is 5.75 Å². The molecule has 2 aromatic heterocycles. The summed E-state index contributed by atoms with van der Waals surface area (Å²) >= 11 is 1.58. The quantitative estimate of drug-likeness (QED) is 0.725. The summed E-state index contributed by atoms with van der Waals surface area (Å²) in [5.41, 5.74) is 0.806. The first-order valence-electron chi connectivity index (χ1n) is 7.12. The highest BCUT2D eigenvalue weighted by Gasteiger charge is 2.09. The fraction of sp³-hybridized carbons (Fsp3) is 0.250. The van der Waals surface area contributed by atoms with Gasteiger partial charge in [-0.3, -0.25) is 0 Å². The van der Waals surface area contributed by atoms with E-state index in [9.17, 15) is 9.50 Å². The lowest BCUT2D eigenvalue weighted by Crippen LogP contribution is -2.19. The van der Waals surface area contributed by atoms with E-state index in [1.165, 1.54) is 0 Å². The third-order valence-corrected chi connectivity index (χ3v) is 4.41. The number of halogens is 1. The minimum Gasteiger partial charge on any atom is -0.491 e. The fourth-order valence-corrected chi connectivity index (χ4v) is 3.12. The van der Waals surface area contributed by atoms with Gasteiger partial charge in [0.2, 0.25) is 0 Å². The number of aromatic nitrogens is 2. The summed E-state index contributed by atoms with van der Waals surface area (Å²) in [5.74, 6) is 1.33. The lowest BCUT2D eigenvalue weighted by molar-refractivity contribution is 0.0842. The SMILES string of the molecule is CNc1ccc(-c2cc3ccc(OC[C@@H](O)CF)cc3s2)nn1. The van der Waals surface area contributed by atoms with Crippen molar-refractivity contribution in [3.63, 3.8) is 0 Å². The van der Waals surface area contributed by atoms with Gasteiger partial charge in [-0.2, -0.15) is 0 Å². The normalized spacial score (nSPS) is 12.3. The number of aliphatic hydroxyl groups excluding tert-OH is 1. The number of thiophene rings is 1. The van der Waals surface area contributed by atoms with Gasteiger partial charge in [0.15, 0.2) is 0 Å². The van der Waals surface area contributed by atoms with E-state index in [2.05, 4.69) is 15.5 Å². The summed E-state index contributed by atoms with van der Waals surface area (Å²) < 4.78 is 18.7. The van der Waals surface area contributed by atoms with Crippen LogP contribution in [-0.2, 0) is 0 Å². The zero-order chi connectivity index (χ0) is 16.2. The number of hydrogen-bond acceptors (Lipinski definition) is 6. The van der Waals surface area contributed by atoms with Crippen LogP contribution in [0.15, 0.2) is 36.4 Å². The van der Waals surface area contributed by atoms with E-state index in [1.54, 1.807) is 24.5 Å². The molecule has 0 saturated carbocycles. The third-order valence-electron chi connectivity index (χ3n) is 3.29. The van der Waals surface area contributed by atoms with Crippen LogP contribution < -0.4 is 10.1 Å². The molecular formula is C16H16FN3O2S. The summed E-state index contributed by atoms with van der Waals surface area (Å²) in [7, 11) is 1.80. The van der Waals surface area contributed by atoms with Gasteiger partial charge in [0.1, 0.15) is 36.6 Å². The fourth-order valence-electron chi connectivity index (χ4n) is 2.06. The molecule has 0 amide bonds. The van der Waals surface area contributed by atoms with Crippen molar-refractivity contribution < 1.29 is 14.2 Å². The van der Waals surface area contributed by atoms with Crippen LogP contribution >= 0.6 is 11.3 Å². The van der Waals surface area contributed by atoms with E-state index in [0.29, 0.717) is 5.75 Å². The van der Waals surface area contributed by atoms with Crippen molar-refractivity contribution in [2.45, 2.75) is 6.10 Å². The average molecular weight is 333 g/mol. The Morgan fingerprint density at radius 2 is 2.13 bits per heavy atom. The lowest BCUT2D eigenvalue weighted by atomic mass is 10.2. The molecule has 23 heavy (non-hydrogen) atoms. The van der Waals surface area contributed by atoms with Crippen molar-refractivity contribution in [2.24, 2.45) is 0 Å². The number of fused-ring (bicyclic) bond motifs is 1. The van der Waals surface area contributed by atoms with Gasteiger partial charge < -0.3 is 15.2 Å². The number of alkyl halides is 1. The molecule has 0 aliphatic rings. The Morgan fingerprint density at radius 1 is 1.26 bits per heavy atom. The van der Waals surface area contributed by atoms with Crippen LogP contribution in [0.3, 0.4) is 0 Å². The van der Waals surface area contributed by atoms with Crippen LogP contribution in [0.1, 0.15) is 0 Å². The Balaban J connectivity index is 1.83. The zero-order valence-corrected chi connectivity index (χ0v) is 13.3. The van der Waals surface area contributed by atoms with E-state index >= 15 is 0 Å². The lowest BCUT2D eigenvalue weighted by Gasteiger charge is -2.08. The van der Waals surface area contributed by atoms with Crippen molar-refractivity contribution in [1.29, 1.82) is 0 Å². The first kappa shape index (κ1) is 15.6. The number of nitrogens with zero attached hydrogens (tertiary/aromatic N) is 2. The maximum absolute atomic E-state index is 12.2. The third kappa shape index (κ3) is 3.57. The summed E-state index contributed by atoms with van der Waals surface area (Å²) in [6.07, 6.45) is -1.09. The number of ether oxygens (including phenoxy) is 1. The zero-order valence-electron chi connectivity index (χ0n) is 12.5. The average Bonchev–Trinajstić information content (AvgIpc) is 3.03. The molecule has 0 aliphatic heterocycles. The molecule has 0 saturated heterocycles. The van der Waals surface area contributed by atoms with E-state index in [-0.39, 0.29) is 6.61 Å². The predicted octanol–water partition coefficient (Wildman–Crippen LogP) is 3.11. The molecule has 120 valence electrons. The second-order valence-electron chi connectivity index (χ2n) is 4.98. The Kier molecular flexibility index (Phi) is 4.68. The van der Waals surface area contributed by atoms with Crippen LogP contribution in [-0.4, -0.2) is 41.7 Å². The molecule has 1 aromatic carbocycles. The molecule has 5 nitrogen and oxygen atoms in total. The minimum atomic E-state index is -1.09. The van der Waals surface area contributed by atoms with Crippen LogP contribution in [0.2, 0.25) is 0 Å². The highest BCUT2D eigenvalue weighted by Crippen LogP contribution is 2.34. The molecule has 2 heterocycles. The van der Waals surface area contributed by atoms with Crippen molar-refractivity contribution in [3.05, 3.63) is 36.4 Å².